The number of piperidine rings is 1. The first-order valence-electron chi connectivity index (χ1n) is 9.50. The number of hydrogen-bond donors (Lipinski definition) is 0. The molecular formula is C21H24FN5. The predicted molar refractivity (Wildman–Crippen MR) is 102 cm³/mol. The maximum atomic E-state index is 13.2. The van der Waals surface area contributed by atoms with Crippen molar-refractivity contribution >= 4 is 0 Å². The third-order valence-corrected chi connectivity index (χ3v) is 5.35. The van der Waals surface area contributed by atoms with Gasteiger partial charge in [0.15, 0.2) is 5.82 Å². The summed E-state index contributed by atoms with van der Waals surface area (Å²) in [6.45, 7) is 4.90. The molecule has 2 aromatic carbocycles. The topological polar surface area (TPSA) is 46.8 Å². The van der Waals surface area contributed by atoms with E-state index in [2.05, 4.69) is 51.6 Å². The van der Waals surface area contributed by atoms with Crippen LogP contribution in [-0.2, 0) is 6.54 Å². The van der Waals surface area contributed by atoms with Crippen molar-refractivity contribution in [2.75, 3.05) is 13.1 Å². The van der Waals surface area contributed by atoms with E-state index in [1.165, 1.54) is 30.5 Å². The molecule has 0 spiro atoms. The van der Waals surface area contributed by atoms with Gasteiger partial charge in [0.1, 0.15) is 5.82 Å². The Kier molecular flexibility index (Phi) is 5.25. The van der Waals surface area contributed by atoms with Gasteiger partial charge in [-0.2, -0.15) is 0 Å². The second kappa shape index (κ2) is 7.96. The highest BCUT2D eigenvalue weighted by molar-refractivity contribution is 5.25. The molecule has 1 atom stereocenters. The molecule has 3 aromatic rings. The van der Waals surface area contributed by atoms with Crippen molar-refractivity contribution in [2.24, 2.45) is 5.92 Å². The molecule has 0 aliphatic carbocycles. The minimum atomic E-state index is -0.236. The predicted octanol–water partition coefficient (Wildman–Crippen LogP) is 3.68. The van der Waals surface area contributed by atoms with E-state index in [0.717, 1.165) is 30.4 Å². The Morgan fingerprint density at radius 3 is 2.44 bits per heavy atom. The molecule has 5 nitrogen and oxygen atoms in total. The number of likely N-dealkylation sites (tertiary alicyclic amines) is 1. The van der Waals surface area contributed by atoms with Gasteiger partial charge in [0.05, 0.1) is 12.6 Å². The van der Waals surface area contributed by atoms with Gasteiger partial charge in [0.2, 0.25) is 0 Å². The van der Waals surface area contributed by atoms with E-state index in [9.17, 15) is 4.39 Å². The van der Waals surface area contributed by atoms with Crippen LogP contribution in [0.1, 0.15) is 42.8 Å². The van der Waals surface area contributed by atoms with Gasteiger partial charge in [0, 0.05) is 0 Å². The van der Waals surface area contributed by atoms with Gasteiger partial charge in [0.25, 0.3) is 0 Å². The van der Waals surface area contributed by atoms with Crippen molar-refractivity contribution in [3.05, 3.63) is 77.4 Å². The number of halogens is 1. The molecule has 6 heteroatoms. The van der Waals surface area contributed by atoms with Crippen LogP contribution in [0.4, 0.5) is 4.39 Å². The van der Waals surface area contributed by atoms with Gasteiger partial charge in [-0.3, -0.25) is 4.90 Å². The average molecular weight is 365 g/mol. The Bertz CT molecular complexity index is 854. The van der Waals surface area contributed by atoms with E-state index in [1.807, 2.05) is 10.7 Å². The van der Waals surface area contributed by atoms with Crippen LogP contribution in [0.15, 0.2) is 54.6 Å². The van der Waals surface area contributed by atoms with Gasteiger partial charge in [-0.1, -0.05) is 49.4 Å². The van der Waals surface area contributed by atoms with Crippen LogP contribution in [-0.4, -0.2) is 38.2 Å². The zero-order chi connectivity index (χ0) is 18.6. The Balaban J connectivity index is 1.66. The molecule has 2 heterocycles. The lowest BCUT2D eigenvalue weighted by molar-refractivity contribution is 0.150. The van der Waals surface area contributed by atoms with Crippen molar-refractivity contribution in [3.63, 3.8) is 0 Å². The molecule has 4 rings (SSSR count). The SMILES string of the molecule is CC1CCN(C(c2ccccc2)c2nnnn2Cc2ccc(F)cc2)CC1. The minimum absolute atomic E-state index is 0.0224. The standard InChI is InChI=1S/C21H24FN5/c1-16-11-13-26(14-12-16)20(18-5-3-2-4-6-18)21-23-24-25-27(21)15-17-7-9-19(22)10-8-17/h2-10,16,20H,11-15H2,1H3. The van der Waals surface area contributed by atoms with Crippen molar-refractivity contribution in [2.45, 2.75) is 32.4 Å². The molecule has 0 saturated carbocycles. The summed E-state index contributed by atoms with van der Waals surface area (Å²) in [4.78, 5) is 2.47. The lowest BCUT2D eigenvalue weighted by Gasteiger charge is -2.36. The van der Waals surface area contributed by atoms with Crippen molar-refractivity contribution in [1.82, 2.24) is 25.1 Å². The monoisotopic (exact) mass is 365 g/mol. The van der Waals surface area contributed by atoms with E-state index >= 15 is 0 Å². The summed E-state index contributed by atoms with van der Waals surface area (Å²) >= 11 is 0. The number of nitrogens with zero attached hydrogens (tertiary/aromatic N) is 5. The highest BCUT2D eigenvalue weighted by Gasteiger charge is 2.30. The average Bonchev–Trinajstić information content (AvgIpc) is 3.14. The number of rotatable bonds is 5. The number of tetrazole rings is 1. The second-order valence-electron chi connectivity index (χ2n) is 7.35. The Morgan fingerprint density at radius 2 is 1.74 bits per heavy atom. The highest BCUT2D eigenvalue weighted by Crippen LogP contribution is 2.31. The maximum absolute atomic E-state index is 13.2. The van der Waals surface area contributed by atoms with Gasteiger partial charge in [-0.15, -0.1) is 5.10 Å². The van der Waals surface area contributed by atoms with Crippen LogP contribution in [0.5, 0.6) is 0 Å². The molecule has 140 valence electrons. The third-order valence-electron chi connectivity index (χ3n) is 5.35. The van der Waals surface area contributed by atoms with Crippen LogP contribution in [0.25, 0.3) is 0 Å². The van der Waals surface area contributed by atoms with Gasteiger partial charge in [-0.25, -0.2) is 9.07 Å². The quantitative estimate of drug-likeness (QED) is 0.692. The molecule has 1 unspecified atom stereocenters. The molecule has 0 bridgehead atoms. The van der Waals surface area contributed by atoms with E-state index in [-0.39, 0.29) is 11.9 Å². The molecule has 1 saturated heterocycles. The smallest absolute Gasteiger partial charge is 0.173 e. The molecule has 0 N–H and O–H groups in total. The summed E-state index contributed by atoms with van der Waals surface area (Å²) in [7, 11) is 0. The molecule has 1 aliphatic heterocycles. The zero-order valence-corrected chi connectivity index (χ0v) is 15.5. The van der Waals surface area contributed by atoms with Crippen molar-refractivity contribution < 1.29 is 4.39 Å². The first-order chi connectivity index (χ1) is 13.2. The van der Waals surface area contributed by atoms with Crippen molar-refractivity contribution in [1.29, 1.82) is 0 Å². The van der Waals surface area contributed by atoms with Gasteiger partial charge in [-0.05, 0) is 65.5 Å². The molecular weight excluding hydrogens is 341 g/mol. The third kappa shape index (κ3) is 4.06. The Hall–Kier alpha value is -2.60. The molecule has 0 radical (unpaired) electrons. The number of aromatic nitrogens is 4. The fourth-order valence-corrected chi connectivity index (χ4v) is 3.73. The molecule has 1 aliphatic rings. The normalized spacial score (nSPS) is 17.1. The zero-order valence-electron chi connectivity index (χ0n) is 15.5. The molecule has 1 aromatic heterocycles. The summed E-state index contributed by atoms with van der Waals surface area (Å²) in [5.74, 6) is 1.35. The summed E-state index contributed by atoms with van der Waals surface area (Å²) in [5.41, 5.74) is 2.17. The second-order valence-corrected chi connectivity index (χ2v) is 7.35. The maximum Gasteiger partial charge on any atom is 0.173 e. The number of benzene rings is 2. The fraction of sp³-hybridized carbons (Fsp3) is 0.381. The molecule has 1 fully saturated rings. The summed E-state index contributed by atoms with van der Waals surface area (Å²) in [6.07, 6.45) is 2.37. The Labute approximate surface area is 158 Å². The lowest BCUT2D eigenvalue weighted by Crippen LogP contribution is -2.38. The Morgan fingerprint density at radius 1 is 1.04 bits per heavy atom. The molecule has 27 heavy (non-hydrogen) atoms. The first-order valence-corrected chi connectivity index (χ1v) is 9.50. The van der Waals surface area contributed by atoms with Gasteiger partial charge >= 0.3 is 0 Å². The van der Waals surface area contributed by atoms with Gasteiger partial charge < -0.3 is 0 Å². The largest absolute Gasteiger partial charge is 0.290 e. The fourth-order valence-electron chi connectivity index (χ4n) is 3.73. The van der Waals surface area contributed by atoms with Crippen LogP contribution in [0.3, 0.4) is 0 Å². The van der Waals surface area contributed by atoms with Crippen molar-refractivity contribution in [3.8, 4) is 0 Å². The first kappa shape index (κ1) is 17.8. The summed E-state index contributed by atoms with van der Waals surface area (Å²) in [5, 5.41) is 12.6. The van der Waals surface area contributed by atoms with E-state index < -0.39 is 0 Å². The van der Waals surface area contributed by atoms with Crippen LogP contribution in [0.2, 0.25) is 0 Å². The summed E-state index contributed by atoms with van der Waals surface area (Å²) in [6, 6.07) is 16.9. The van der Waals surface area contributed by atoms with Crippen LogP contribution >= 0.6 is 0 Å². The lowest BCUT2D eigenvalue weighted by atomic mass is 9.95. The molecule has 0 amide bonds. The van der Waals surface area contributed by atoms with E-state index in [1.54, 1.807) is 12.1 Å². The minimum Gasteiger partial charge on any atom is -0.290 e. The van der Waals surface area contributed by atoms with Crippen LogP contribution < -0.4 is 0 Å². The van der Waals surface area contributed by atoms with E-state index in [4.69, 9.17) is 0 Å². The summed E-state index contributed by atoms with van der Waals surface area (Å²) < 4.78 is 15.1. The van der Waals surface area contributed by atoms with Crippen LogP contribution in [0, 0.1) is 11.7 Å². The number of hydrogen-bond acceptors (Lipinski definition) is 4. The highest BCUT2D eigenvalue weighted by atomic mass is 19.1. The van der Waals surface area contributed by atoms with E-state index in [0.29, 0.717) is 6.54 Å².